The average molecular weight is 328 g/mol. The van der Waals surface area contributed by atoms with Gasteiger partial charge in [-0.2, -0.15) is 0 Å². The highest BCUT2D eigenvalue weighted by molar-refractivity contribution is 7.99. The van der Waals surface area contributed by atoms with Crippen LogP contribution in [0.2, 0.25) is 0 Å². The van der Waals surface area contributed by atoms with Gasteiger partial charge in [0.1, 0.15) is 0 Å². The first-order chi connectivity index (χ1) is 11.0. The van der Waals surface area contributed by atoms with Crippen molar-refractivity contribution in [3.8, 4) is 0 Å². The first-order valence-electron chi connectivity index (χ1n) is 7.29. The molecular weight excluding hydrogens is 308 g/mol. The van der Waals surface area contributed by atoms with Crippen molar-refractivity contribution in [3.05, 3.63) is 64.7 Å². The monoisotopic (exact) mass is 328 g/mol. The Bertz CT molecular complexity index is 711. The summed E-state index contributed by atoms with van der Waals surface area (Å²) in [6.45, 7) is 4.14. The molecule has 2 amide bonds. The van der Waals surface area contributed by atoms with E-state index in [1.807, 2.05) is 0 Å². The quantitative estimate of drug-likeness (QED) is 0.855. The van der Waals surface area contributed by atoms with Crippen LogP contribution in [0.25, 0.3) is 0 Å². The van der Waals surface area contributed by atoms with Crippen molar-refractivity contribution in [1.29, 1.82) is 0 Å². The number of hydrogen-bond donors (Lipinski definition) is 2. The lowest BCUT2D eigenvalue weighted by atomic mass is 10.1. The third-order valence-corrected chi connectivity index (χ3v) is 4.43. The number of amides is 2. The van der Waals surface area contributed by atoms with Crippen LogP contribution in [0.3, 0.4) is 0 Å². The van der Waals surface area contributed by atoms with Crippen molar-refractivity contribution in [3.63, 3.8) is 0 Å². The summed E-state index contributed by atoms with van der Waals surface area (Å²) in [6.07, 6.45) is 0. The van der Waals surface area contributed by atoms with Crippen molar-refractivity contribution < 1.29 is 9.59 Å². The molecule has 0 atom stereocenters. The predicted octanol–water partition coefficient (Wildman–Crippen LogP) is 3.27. The van der Waals surface area contributed by atoms with Crippen LogP contribution in [0.5, 0.6) is 0 Å². The average Bonchev–Trinajstić information content (AvgIpc) is 2.51. The molecule has 4 nitrogen and oxygen atoms in total. The Hall–Kier alpha value is -2.27. The lowest BCUT2D eigenvalue weighted by Crippen LogP contribution is -2.15. The molecule has 120 valence electrons. The smallest absolute Gasteiger partial charge is 0.248 e. The number of nitrogens with one attached hydrogen (secondary N) is 1. The summed E-state index contributed by atoms with van der Waals surface area (Å²) < 4.78 is 0. The maximum atomic E-state index is 11.9. The molecule has 0 aliphatic carbocycles. The second-order valence-electron chi connectivity index (χ2n) is 5.41. The topological polar surface area (TPSA) is 72.2 Å². The Labute approximate surface area is 140 Å². The number of nitrogens with two attached hydrogens (primary N) is 1. The van der Waals surface area contributed by atoms with Gasteiger partial charge in [-0.05, 0) is 49.2 Å². The molecule has 23 heavy (non-hydrogen) atoms. The second kappa shape index (κ2) is 7.83. The summed E-state index contributed by atoms with van der Waals surface area (Å²) in [7, 11) is 0. The Morgan fingerprint density at radius 2 is 1.78 bits per heavy atom. The molecule has 0 spiro atoms. The number of thioether (sulfide) groups is 1. The Balaban J connectivity index is 1.83. The summed E-state index contributed by atoms with van der Waals surface area (Å²) in [5.41, 5.74) is 9.99. The van der Waals surface area contributed by atoms with Gasteiger partial charge in [0.05, 0.1) is 5.75 Å². The van der Waals surface area contributed by atoms with Gasteiger partial charge in [-0.25, -0.2) is 0 Å². The van der Waals surface area contributed by atoms with Crippen molar-refractivity contribution in [2.24, 2.45) is 5.73 Å². The fourth-order valence-corrected chi connectivity index (χ4v) is 3.01. The molecule has 0 unspecified atom stereocenters. The van der Waals surface area contributed by atoms with Crippen LogP contribution in [0.15, 0.2) is 42.5 Å². The normalized spacial score (nSPS) is 10.3. The van der Waals surface area contributed by atoms with E-state index >= 15 is 0 Å². The molecule has 0 aliphatic heterocycles. The van der Waals surface area contributed by atoms with Gasteiger partial charge in [0.15, 0.2) is 0 Å². The van der Waals surface area contributed by atoms with Gasteiger partial charge < -0.3 is 11.1 Å². The highest BCUT2D eigenvalue weighted by Gasteiger charge is 2.06. The zero-order valence-electron chi connectivity index (χ0n) is 13.3. The molecule has 0 aromatic heterocycles. The molecule has 0 saturated carbocycles. The summed E-state index contributed by atoms with van der Waals surface area (Å²) in [5, 5.41) is 2.81. The van der Waals surface area contributed by atoms with Gasteiger partial charge in [0.2, 0.25) is 11.8 Å². The van der Waals surface area contributed by atoms with Crippen LogP contribution in [0, 0.1) is 13.8 Å². The minimum Gasteiger partial charge on any atom is -0.366 e. The molecule has 0 fully saturated rings. The van der Waals surface area contributed by atoms with E-state index in [0.717, 1.165) is 5.75 Å². The van der Waals surface area contributed by atoms with Crippen LogP contribution >= 0.6 is 11.8 Å². The lowest BCUT2D eigenvalue weighted by Gasteiger charge is -2.08. The molecule has 5 heteroatoms. The number of carbonyl (C=O) groups is 2. The fourth-order valence-electron chi connectivity index (χ4n) is 2.12. The SMILES string of the molecule is Cc1ccc(C)c(CSCC(=O)Nc2ccc(C(N)=O)cc2)c1. The lowest BCUT2D eigenvalue weighted by molar-refractivity contribution is -0.113. The number of anilines is 1. The zero-order chi connectivity index (χ0) is 16.8. The van der Waals surface area contributed by atoms with E-state index in [9.17, 15) is 9.59 Å². The summed E-state index contributed by atoms with van der Waals surface area (Å²) in [4.78, 5) is 22.9. The van der Waals surface area contributed by atoms with Gasteiger partial charge >= 0.3 is 0 Å². The highest BCUT2D eigenvalue weighted by atomic mass is 32.2. The molecule has 2 rings (SSSR count). The van der Waals surface area contributed by atoms with Gasteiger partial charge in [-0.1, -0.05) is 23.8 Å². The van der Waals surface area contributed by atoms with Gasteiger partial charge in [-0.3, -0.25) is 9.59 Å². The van der Waals surface area contributed by atoms with Gasteiger partial charge in [0, 0.05) is 17.0 Å². The van der Waals surface area contributed by atoms with Crippen LogP contribution < -0.4 is 11.1 Å². The van der Waals surface area contributed by atoms with Crippen LogP contribution in [0.4, 0.5) is 5.69 Å². The summed E-state index contributed by atoms with van der Waals surface area (Å²) in [5.74, 6) is 0.644. The molecular formula is C18H20N2O2S. The summed E-state index contributed by atoms with van der Waals surface area (Å²) in [6, 6.07) is 12.9. The van der Waals surface area contributed by atoms with Crippen molar-refractivity contribution in [2.75, 3.05) is 11.1 Å². The highest BCUT2D eigenvalue weighted by Crippen LogP contribution is 2.18. The first kappa shape index (κ1) is 17.1. The van der Waals surface area contributed by atoms with E-state index in [1.54, 1.807) is 36.0 Å². The van der Waals surface area contributed by atoms with E-state index in [1.165, 1.54) is 16.7 Å². The molecule has 0 bridgehead atoms. The van der Waals surface area contributed by atoms with Crippen molar-refractivity contribution in [1.82, 2.24) is 0 Å². The Kier molecular flexibility index (Phi) is 5.82. The van der Waals surface area contributed by atoms with E-state index in [0.29, 0.717) is 17.0 Å². The maximum Gasteiger partial charge on any atom is 0.248 e. The maximum absolute atomic E-state index is 11.9. The van der Waals surface area contributed by atoms with E-state index < -0.39 is 5.91 Å². The van der Waals surface area contributed by atoms with Crippen molar-refractivity contribution in [2.45, 2.75) is 19.6 Å². The number of aryl methyl sites for hydroxylation is 2. The summed E-state index contributed by atoms with van der Waals surface area (Å²) >= 11 is 1.58. The fraction of sp³-hybridized carbons (Fsp3) is 0.222. The minimum absolute atomic E-state index is 0.0628. The zero-order valence-corrected chi connectivity index (χ0v) is 14.1. The van der Waals surface area contributed by atoms with Gasteiger partial charge in [0.25, 0.3) is 0 Å². The second-order valence-corrected chi connectivity index (χ2v) is 6.40. The predicted molar refractivity (Wildman–Crippen MR) is 95.7 cm³/mol. The molecule has 3 N–H and O–H groups in total. The van der Waals surface area contributed by atoms with Gasteiger partial charge in [-0.15, -0.1) is 11.8 Å². The third kappa shape index (κ3) is 5.14. The standard InChI is InChI=1S/C18H20N2O2S/c1-12-3-4-13(2)15(9-12)10-23-11-17(21)20-16-7-5-14(6-8-16)18(19)22/h3-9H,10-11H2,1-2H3,(H2,19,22)(H,20,21). The molecule has 0 heterocycles. The van der Waals surface area contributed by atoms with Crippen molar-refractivity contribution >= 4 is 29.3 Å². The Morgan fingerprint density at radius 1 is 1.09 bits per heavy atom. The van der Waals surface area contributed by atoms with Crippen LogP contribution in [-0.4, -0.2) is 17.6 Å². The number of primary amides is 1. The van der Waals surface area contributed by atoms with Crippen LogP contribution in [-0.2, 0) is 10.5 Å². The van der Waals surface area contributed by atoms with E-state index in [4.69, 9.17) is 5.73 Å². The molecule has 2 aromatic carbocycles. The minimum atomic E-state index is -0.480. The third-order valence-electron chi connectivity index (χ3n) is 3.45. The number of benzene rings is 2. The van der Waals surface area contributed by atoms with Crippen LogP contribution in [0.1, 0.15) is 27.0 Å². The Morgan fingerprint density at radius 3 is 2.43 bits per heavy atom. The molecule has 2 aromatic rings. The largest absolute Gasteiger partial charge is 0.366 e. The molecule has 0 radical (unpaired) electrons. The molecule has 0 saturated heterocycles. The number of rotatable bonds is 6. The van der Waals surface area contributed by atoms with E-state index in [2.05, 4.69) is 37.4 Å². The first-order valence-corrected chi connectivity index (χ1v) is 8.45. The number of carbonyl (C=O) groups excluding carboxylic acids is 2. The van der Waals surface area contributed by atoms with E-state index in [-0.39, 0.29) is 5.91 Å². The molecule has 0 aliphatic rings. The number of hydrogen-bond acceptors (Lipinski definition) is 3.